The Morgan fingerprint density at radius 3 is 1.81 bits per heavy atom. The van der Waals surface area contributed by atoms with Crippen molar-refractivity contribution in [1.82, 2.24) is 10.6 Å². The molecular weight excluding hydrogens is 440 g/mol. The third-order valence-corrected chi connectivity index (χ3v) is 8.21. The zero-order valence-corrected chi connectivity index (χ0v) is 20.6. The van der Waals surface area contributed by atoms with Crippen LogP contribution in [0.3, 0.4) is 0 Å². The molecule has 1 aliphatic carbocycles. The van der Waals surface area contributed by atoms with Gasteiger partial charge in [-0.1, -0.05) is 6.42 Å². The van der Waals surface area contributed by atoms with Crippen LogP contribution >= 0.6 is 0 Å². The summed E-state index contributed by atoms with van der Waals surface area (Å²) in [5, 5.41) is 5.57. The molecule has 0 aromatic rings. The van der Waals surface area contributed by atoms with Crippen LogP contribution in [0.25, 0.3) is 0 Å². The summed E-state index contributed by atoms with van der Waals surface area (Å²) in [5.74, 6) is 0.244. The second-order valence-corrected chi connectivity index (χ2v) is 10.8. The highest BCUT2D eigenvalue weighted by molar-refractivity contribution is 6.60. The van der Waals surface area contributed by atoms with Crippen LogP contribution < -0.4 is 10.6 Å². The number of carbonyl (C=O) groups is 3. The van der Waals surface area contributed by atoms with E-state index in [1.165, 1.54) is 6.92 Å². The highest BCUT2D eigenvalue weighted by Crippen LogP contribution is 2.28. The number of rotatable bonds is 14. The molecule has 1 saturated carbocycles. The molecule has 2 amide bonds. The number of hydrogen-bond acceptors (Lipinski definition) is 9. The van der Waals surface area contributed by atoms with Crippen LogP contribution in [0.1, 0.15) is 39.0 Å². The van der Waals surface area contributed by atoms with Gasteiger partial charge in [0.1, 0.15) is 13.2 Å². The maximum atomic E-state index is 12.0. The van der Waals surface area contributed by atoms with Gasteiger partial charge in [0, 0.05) is 47.4 Å². The van der Waals surface area contributed by atoms with Gasteiger partial charge in [-0.15, -0.1) is 0 Å². The number of alkyl carbamates (subject to hydrolysis) is 2. The van der Waals surface area contributed by atoms with E-state index in [1.54, 1.807) is 21.3 Å². The Kier molecular flexibility index (Phi) is 13.9. The second-order valence-electron chi connectivity index (χ2n) is 7.67. The van der Waals surface area contributed by atoms with Crippen LogP contribution in [0, 0.1) is 11.8 Å². The first-order valence-electron chi connectivity index (χ1n) is 10.9. The molecule has 1 rings (SSSR count). The van der Waals surface area contributed by atoms with Crippen LogP contribution in [-0.2, 0) is 32.3 Å². The molecule has 2 N–H and O–H groups in total. The van der Waals surface area contributed by atoms with Crippen molar-refractivity contribution in [3.63, 3.8) is 0 Å². The van der Waals surface area contributed by atoms with E-state index in [9.17, 15) is 14.4 Å². The molecule has 1 aliphatic rings. The Hall–Kier alpha value is -1.89. The lowest BCUT2D eigenvalue weighted by atomic mass is 9.81. The molecule has 12 heteroatoms. The van der Waals surface area contributed by atoms with Crippen LogP contribution in [0.5, 0.6) is 0 Å². The van der Waals surface area contributed by atoms with Gasteiger partial charge in [0.25, 0.3) is 0 Å². The minimum Gasteiger partial charge on any atom is -0.462 e. The number of hydrogen-bond donors (Lipinski definition) is 2. The molecule has 11 nitrogen and oxygen atoms in total. The van der Waals surface area contributed by atoms with Gasteiger partial charge in [-0.3, -0.25) is 4.79 Å². The highest BCUT2D eigenvalue weighted by Gasteiger charge is 2.37. The van der Waals surface area contributed by atoms with Crippen molar-refractivity contribution in [1.29, 1.82) is 0 Å². The van der Waals surface area contributed by atoms with Gasteiger partial charge in [-0.25, -0.2) is 9.59 Å². The molecule has 186 valence electrons. The molecule has 1 fully saturated rings. The smallest absolute Gasteiger partial charge is 0.462 e. The maximum absolute atomic E-state index is 12.0. The van der Waals surface area contributed by atoms with Crippen LogP contribution in [-0.4, -0.2) is 81.2 Å². The standard InChI is InChI=1S/C20H38N2O9Si/c1-16(23)29-10-11-31-20(25)22-15-18-8-5-7-17(13-18)14-21-19(24)30-9-6-12-32(26-2,27-3)28-4/h17-18H,5-15H2,1-4H3,(H,21,24)(H,22,25). The monoisotopic (exact) mass is 478 g/mol. The van der Waals surface area contributed by atoms with Gasteiger partial charge < -0.3 is 38.1 Å². The lowest BCUT2D eigenvalue weighted by Crippen LogP contribution is -2.43. The van der Waals surface area contributed by atoms with Crippen molar-refractivity contribution >= 4 is 27.0 Å². The summed E-state index contributed by atoms with van der Waals surface area (Å²) in [4.78, 5) is 34.3. The van der Waals surface area contributed by atoms with Gasteiger partial charge >= 0.3 is 27.0 Å². The normalized spacial score (nSPS) is 18.5. The van der Waals surface area contributed by atoms with E-state index in [2.05, 4.69) is 10.6 Å². The molecule has 0 aromatic carbocycles. The Bertz CT molecular complexity index is 567. The van der Waals surface area contributed by atoms with Gasteiger partial charge in [-0.05, 0) is 37.5 Å². The average molecular weight is 479 g/mol. The minimum atomic E-state index is -2.64. The zero-order chi connectivity index (χ0) is 23.8. The topological polar surface area (TPSA) is 131 Å². The number of ether oxygens (including phenoxy) is 3. The Morgan fingerprint density at radius 1 is 0.812 bits per heavy atom. The lowest BCUT2D eigenvalue weighted by Gasteiger charge is -2.29. The first kappa shape index (κ1) is 28.1. The van der Waals surface area contributed by atoms with Crippen LogP contribution in [0.4, 0.5) is 9.59 Å². The summed E-state index contributed by atoms with van der Waals surface area (Å²) < 4.78 is 30.9. The molecular formula is C20H38N2O9Si. The van der Waals surface area contributed by atoms with Gasteiger partial charge in [-0.2, -0.15) is 0 Å². The van der Waals surface area contributed by atoms with Crippen LogP contribution in [0.2, 0.25) is 6.04 Å². The SMILES string of the molecule is CO[Si](CCCOC(=O)NCC1CCCC(CNC(=O)OCCOC(C)=O)C1)(OC)OC. The van der Waals surface area contributed by atoms with E-state index in [4.69, 9.17) is 27.5 Å². The predicted molar refractivity (Wildman–Crippen MR) is 117 cm³/mol. The summed E-state index contributed by atoms with van der Waals surface area (Å²) in [6.45, 7) is 2.67. The first-order valence-corrected chi connectivity index (χ1v) is 12.9. The van der Waals surface area contributed by atoms with Crippen molar-refractivity contribution < 1.29 is 41.9 Å². The third kappa shape index (κ3) is 11.6. The summed E-state index contributed by atoms with van der Waals surface area (Å²) in [5.41, 5.74) is 0. The molecule has 2 atom stereocenters. The fourth-order valence-corrected chi connectivity index (χ4v) is 5.35. The highest BCUT2D eigenvalue weighted by atomic mass is 28.4. The number of carbonyl (C=O) groups excluding carboxylic acids is 3. The number of nitrogens with one attached hydrogen (secondary N) is 2. The summed E-state index contributed by atoms with van der Waals surface area (Å²) in [7, 11) is 2.01. The van der Waals surface area contributed by atoms with Gasteiger partial charge in [0.15, 0.2) is 0 Å². The fourth-order valence-electron chi connectivity index (χ4n) is 3.66. The fraction of sp³-hybridized carbons (Fsp3) is 0.850. The molecule has 0 radical (unpaired) electrons. The van der Waals surface area contributed by atoms with Crippen molar-refractivity contribution in [3.8, 4) is 0 Å². The van der Waals surface area contributed by atoms with Crippen molar-refractivity contribution in [2.24, 2.45) is 11.8 Å². The summed E-state index contributed by atoms with van der Waals surface area (Å²) >= 11 is 0. The van der Waals surface area contributed by atoms with Gasteiger partial charge in [0.2, 0.25) is 0 Å². The number of amides is 2. The predicted octanol–water partition coefficient (Wildman–Crippen LogP) is 2.08. The molecule has 32 heavy (non-hydrogen) atoms. The molecule has 0 bridgehead atoms. The van der Waals surface area contributed by atoms with Gasteiger partial charge in [0.05, 0.1) is 6.61 Å². The largest absolute Gasteiger partial charge is 0.500 e. The molecule has 0 heterocycles. The van der Waals surface area contributed by atoms with E-state index in [-0.39, 0.29) is 19.8 Å². The van der Waals surface area contributed by atoms with Crippen LogP contribution in [0.15, 0.2) is 0 Å². The van der Waals surface area contributed by atoms with Crippen molar-refractivity contribution in [2.75, 3.05) is 54.2 Å². The van der Waals surface area contributed by atoms with Crippen molar-refractivity contribution in [3.05, 3.63) is 0 Å². The van der Waals surface area contributed by atoms with E-state index < -0.39 is 27.0 Å². The van der Waals surface area contributed by atoms with E-state index >= 15 is 0 Å². The molecule has 0 aromatic heterocycles. The summed E-state index contributed by atoms with van der Waals surface area (Å²) in [6, 6.07) is 0.563. The third-order valence-electron chi connectivity index (χ3n) is 5.38. The van der Waals surface area contributed by atoms with Crippen molar-refractivity contribution in [2.45, 2.75) is 45.1 Å². The Labute approximate surface area is 191 Å². The molecule has 2 unspecified atom stereocenters. The summed E-state index contributed by atoms with van der Waals surface area (Å²) in [6.07, 6.45) is 3.59. The number of esters is 1. The molecule has 0 aliphatic heterocycles. The van der Waals surface area contributed by atoms with E-state index in [1.807, 2.05) is 0 Å². The zero-order valence-electron chi connectivity index (χ0n) is 19.6. The Morgan fingerprint density at radius 2 is 1.31 bits per heavy atom. The second kappa shape index (κ2) is 15.8. The molecule has 0 saturated heterocycles. The van der Waals surface area contributed by atoms with E-state index in [0.717, 1.165) is 25.7 Å². The maximum Gasteiger partial charge on any atom is 0.500 e. The molecule has 0 spiro atoms. The van der Waals surface area contributed by atoms with E-state index in [0.29, 0.717) is 37.4 Å². The Balaban J connectivity index is 2.17. The quantitative estimate of drug-likeness (QED) is 0.167. The lowest BCUT2D eigenvalue weighted by molar-refractivity contribution is -0.141. The first-order chi connectivity index (χ1) is 15.3. The average Bonchev–Trinajstić information content (AvgIpc) is 2.80. The minimum absolute atomic E-state index is 0.0241.